The van der Waals surface area contributed by atoms with E-state index < -0.39 is 5.95 Å². The fraction of sp³-hybridized carbons (Fsp3) is 0.0625. The number of halogens is 1. The van der Waals surface area contributed by atoms with Gasteiger partial charge in [-0.3, -0.25) is 4.98 Å². The number of aromatic nitrogens is 4. The second-order valence-corrected chi connectivity index (χ2v) is 4.89. The van der Waals surface area contributed by atoms with Crippen LogP contribution in [0.4, 0.5) is 4.39 Å². The minimum atomic E-state index is -0.504. The van der Waals surface area contributed by atoms with E-state index in [4.69, 9.17) is 0 Å². The Morgan fingerprint density at radius 2 is 1.95 bits per heavy atom. The monoisotopic (exact) mass is 277 g/mol. The van der Waals surface area contributed by atoms with Crippen LogP contribution in [0.3, 0.4) is 0 Å². The number of fused-ring (bicyclic) bond motifs is 3. The summed E-state index contributed by atoms with van der Waals surface area (Å²) in [6.45, 7) is 0. The lowest BCUT2D eigenvalue weighted by Crippen LogP contribution is -1.92. The summed E-state index contributed by atoms with van der Waals surface area (Å²) in [6, 6.07) is 8.99. The van der Waals surface area contributed by atoms with E-state index in [2.05, 4.69) is 15.0 Å². The molecule has 0 saturated heterocycles. The van der Waals surface area contributed by atoms with Gasteiger partial charge in [0.15, 0.2) is 0 Å². The van der Waals surface area contributed by atoms with Gasteiger partial charge in [0.25, 0.3) is 0 Å². The van der Waals surface area contributed by atoms with E-state index in [1.807, 2.05) is 36.0 Å². The van der Waals surface area contributed by atoms with Gasteiger partial charge in [-0.25, -0.2) is 9.97 Å². The molecule has 0 radical (unpaired) electrons. The van der Waals surface area contributed by atoms with Crippen molar-refractivity contribution in [1.29, 1.82) is 0 Å². The summed E-state index contributed by atoms with van der Waals surface area (Å²) in [5.74, 6) is -0.504. The van der Waals surface area contributed by atoms with Crippen molar-refractivity contribution in [2.75, 3.05) is 0 Å². The Hall–Kier alpha value is -2.82. The van der Waals surface area contributed by atoms with E-state index in [0.717, 1.165) is 27.6 Å². The molecule has 0 saturated carbocycles. The van der Waals surface area contributed by atoms with Gasteiger partial charge in [-0.2, -0.15) is 4.39 Å². The summed E-state index contributed by atoms with van der Waals surface area (Å²) < 4.78 is 15.3. The minimum absolute atomic E-state index is 0.504. The number of aryl methyl sites for hydroxylation is 1. The zero-order valence-corrected chi connectivity index (χ0v) is 11.3. The number of hydrogen-bond donors (Lipinski definition) is 0. The van der Waals surface area contributed by atoms with E-state index in [1.54, 1.807) is 12.3 Å². The van der Waals surface area contributed by atoms with E-state index in [0.29, 0.717) is 5.56 Å². The van der Waals surface area contributed by atoms with Crippen molar-refractivity contribution in [3.63, 3.8) is 0 Å². The second-order valence-electron chi connectivity index (χ2n) is 4.89. The van der Waals surface area contributed by atoms with Crippen LogP contribution in [0.1, 0.15) is 0 Å². The van der Waals surface area contributed by atoms with Gasteiger partial charge in [0, 0.05) is 48.0 Å². The van der Waals surface area contributed by atoms with E-state index in [-0.39, 0.29) is 0 Å². The third-order valence-corrected chi connectivity index (χ3v) is 3.66. The maximum Gasteiger partial charge on any atom is 0.213 e. The summed E-state index contributed by atoms with van der Waals surface area (Å²) in [5.41, 5.74) is 3.37. The molecule has 0 N–H and O–H groups in total. The zero-order chi connectivity index (χ0) is 14.4. The number of rotatable bonds is 1. The fourth-order valence-corrected chi connectivity index (χ4v) is 2.64. The van der Waals surface area contributed by atoms with Crippen molar-refractivity contribution in [2.24, 2.45) is 7.05 Å². The van der Waals surface area contributed by atoms with Crippen LogP contribution in [0.15, 0.2) is 48.9 Å². The molecule has 0 spiro atoms. The molecule has 0 fully saturated rings. The molecule has 0 aliphatic heterocycles. The maximum atomic E-state index is 13.3. The Balaban J connectivity index is 2.02. The van der Waals surface area contributed by atoms with Crippen molar-refractivity contribution in [3.05, 3.63) is 54.9 Å². The molecule has 4 aromatic rings. The van der Waals surface area contributed by atoms with Crippen LogP contribution in [-0.2, 0) is 7.05 Å². The molecule has 4 heterocycles. The average molecular weight is 277 g/mol. The predicted molar refractivity (Wildman–Crippen MR) is 79.2 cm³/mol. The SMILES string of the molecule is Cn1c2ccncc2c2ccc(-c3ccnc([18F])c3)nc21. The third kappa shape index (κ3) is 1.78. The fourth-order valence-electron chi connectivity index (χ4n) is 2.64. The molecule has 102 valence electrons. The molecule has 0 bridgehead atoms. The van der Waals surface area contributed by atoms with Gasteiger partial charge >= 0.3 is 0 Å². The van der Waals surface area contributed by atoms with E-state index >= 15 is 0 Å². The van der Waals surface area contributed by atoms with Gasteiger partial charge in [-0.15, -0.1) is 0 Å². The Morgan fingerprint density at radius 1 is 1.05 bits per heavy atom. The van der Waals surface area contributed by atoms with Gasteiger partial charge in [-0.1, -0.05) is 0 Å². The van der Waals surface area contributed by atoms with Crippen molar-refractivity contribution in [2.45, 2.75) is 0 Å². The Labute approximate surface area is 119 Å². The van der Waals surface area contributed by atoms with Crippen molar-refractivity contribution >= 4 is 21.9 Å². The first-order chi connectivity index (χ1) is 10.2. The number of pyridine rings is 3. The standard InChI is InChI=1S/C16H11FN4/c1-21-14-5-6-18-9-12(14)11-2-3-13(20-16(11)21)10-4-7-19-15(17)8-10/h2-9H,1H3/i17-1. The molecule has 21 heavy (non-hydrogen) atoms. The Bertz CT molecular complexity index is 975. The van der Waals surface area contributed by atoms with Crippen LogP contribution in [-0.4, -0.2) is 19.5 Å². The first-order valence-corrected chi connectivity index (χ1v) is 6.55. The van der Waals surface area contributed by atoms with Gasteiger partial charge in [-0.05, 0) is 24.3 Å². The van der Waals surface area contributed by atoms with Gasteiger partial charge in [0.1, 0.15) is 5.65 Å². The van der Waals surface area contributed by atoms with Crippen molar-refractivity contribution in [3.8, 4) is 11.3 Å². The van der Waals surface area contributed by atoms with Crippen molar-refractivity contribution in [1.82, 2.24) is 19.5 Å². The summed E-state index contributed by atoms with van der Waals surface area (Å²) in [5, 5.41) is 2.11. The van der Waals surface area contributed by atoms with Crippen LogP contribution in [0.25, 0.3) is 33.2 Å². The molecule has 4 rings (SSSR count). The largest absolute Gasteiger partial charge is 0.328 e. The molecule has 0 aromatic carbocycles. The predicted octanol–water partition coefficient (Wildman–Crippen LogP) is 3.32. The first-order valence-electron chi connectivity index (χ1n) is 6.55. The van der Waals surface area contributed by atoms with Gasteiger partial charge < -0.3 is 4.57 Å². The third-order valence-electron chi connectivity index (χ3n) is 3.66. The number of nitrogens with zero attached hydrogens (tertiary/aromatic N) is 4. The molecule has 0 aliphatic rings. The van der Waals surface area contributed by atoms with Crippen LogP contribution < -0.4 is 0 Å². The summed E-state index contributed by atoms with van der Waals surface area (Å²) in [6.07, 6.45) is 5.05. The lowest BCUT2D eigenvalue weighted by atomic mass is 10.1. The van der Waals surface area contributed by atoms with Crippen molar-refractivity contribution < 1.29 is 4.39 Å². The second kappa shape index (κ2) is 4.34. The maximum absolute atomic E-state index is 13.3. The highest BCUT2D eigenvalue weighted by atomic mass is 18.2. The highest BCUT2D eigenvalue weighted by Gasteiger charge is 2.11. The molecule has 0 aliphatic carbocycles. The average Bonchev–Trinajstić information content (AvgIpc) is 2.81. The summed E-state index contributed by atoms with van der Waals surface area (Å²) in [4.78, 5) is 12.4. The quantitative estimate of drug-likeness (QED) is 0.501. The summed E-state index contributed by atoms with van der Waals surface area (Å²) in [7, 11) is 1.97. The van der Waals surface area contributed by atoms with Crippen LogP contribution in [0.5, 0.6) is 0 Å². The topological polar surface area (TPSA) is 43.6 Å². The summed E-state index contributed by atoms with van der Waals surface area (Å²) >= 11 is 0. The lowest BCUT2D eigenvalue weighted by Gasteiger charge is -2.02. The zero-order valence-electron chi connectivity index (χ0n) is 11.3. The smallest absolute Gasteiger partial charge is 0.213 e. The molecular formula is C16H11FN4. The highest BCUT2D eigenvalue weighted by molar-refractivity contribution is 6.06. The molecule has 0 amide bonds. The molecular weight excluding hydrogens is 266 g/mol. The Morgan fingerprint density at radius 3 is 2.81 bits per heavy atom. The molecule has 0 atom stereocenters. The van der Waals surface area contributed by atoms with E-state index in [9.17, 15) is 4.39 Å². The molecule has 5 heteroatoms. The molecule has 0 unspecified atom stereocenters. The van der Waals surface area contributed by atoms with Gasteiger partial charge in [0.2, 0.25) is 5.95 Å². The van der Waals surface area contributed by atoms with Crippen LogP contribution >= 0.6 is 0 Å². The molecule has 4 nitrogen and oxygen atoms in total. The van der Waals surface area contributed by atoms with Gasteiger partial charge in [0.05, 0.1) is 11.2 Å². The van der Waals surface area contributed by atoms with Crippen LogP contribution in [0.2, 0.25) is 0 Å². The minimum Gasteiger partial charge on any atom is -0.328 e. The highest BCUT2D eigenvalue weighted by Crippen LogP contribution is 2.28. The normalized spacial score (nSPS) is 11.3. The Kier molecular flexibility index (Phi) is 2.47. The van der Waals surface area contributed by atoms with Crippen LogP contribution in [0, 0.1) is 5.95 Å². The molecule has 4 aromatic heterocycles. The number of hydrogen-bond acceptors (Lipinski definition) is 3. The lowest BCUT2D eigenvalue weighted by molar-refractivity contribution is 0.584. The van der Waals surface area contributed by atoms with E-state index in [1.165, 1.54) is 12.3 Å². The first kappa shape index (κ1) is 12.0.